The molecule has 5 nitrogen and oxygen atoms in total. The van der Waals surface area contributed by atoms with Crippen LogP contribution >= 0.6 is 0 Å². The Balaban J connectivity index is 1.33. The lowest BCUT2D eigenvalue weighted by Crippen LogP contribution is -2.40. The van der Waals surface area contributed by atoms with Crippen molar-refractivity contribution < 1.29 is 9.18 Å². The van der Waals surface area contributed by atoms with Crippen LogP contribution in [0.3, 0.4) is 0 Å². The lowest BCUT2D eigenvalue weighted by Gasteiger charge is -2.23. The number of carbonyl (C=O) groups excluding carboxylic acids is 1. The number of nitrogens with zero attached hydrogens (tertiary/aromatic N) is 3. The Kier molecular flexibility index (Phi) is 6.00. The molecule has 1 saturated heterocycles. The van der Waals surface area contributed by atoms with Crippen molar-refractivity contribution in [1.82, 2.24) is 14.5 Å². The van der Waals surface area contributed by atoms with Crippen LogP contribution in [0.25, 0.3) is 11.1 Å². The molecular weight excluding hydrogens is 367 g/mol. The van der Waals surface area contributed by atoms with Crippen molar-refractivity contribution in [2.24, 2.45) is 0 Å². The minimum Gasteiger partial charge on any atom is -0.337 e. The fraction of sp³-hybridized carbons (Fsp3) is 0.304. The van der Waals surface area contributed by atoms with E-state index in [1.807, 2.05) is 42.9 Å². The standard InChI is InChI=1S/C23H25FN4O/c24-20-5-1-4-19(16-20)18-7-9-21(10-8-18)26-23(29)22-6-2-13-28(22)14-3-12-27-15-11-25-17-27/h1,4-5,7-11,15-17,22H,2-3,6,12-14H2,(H,26,29)/t22-/m0/s1. The van der Waals surface area contributed by atoms with Gasteiger partial charge in [-0.2, -0.15) is 0 Å². The molecule has 1 aliphatic rings. The summed E-state index contributed by atoms with van der Waals surface area (Å²) >= 11 is 0. The van der Waals surface area contributed by atoms with Crippen LogP contribution in [0, 0.1) is 5.82 Å². The maximum Gasteiger partial charge on any atom is 0.241 e. The molecule has 0 bridgehead atoms. The molecule has 0 aliphatic carbocycles. The molecule has 2 heterocycles. The summed E-state index contributed by atoms with van der Waals surface area (Å²) in [6.07, 6.45) is 8.48. The van der Waals surface area contributed by atoms with Crippen LogP contribution in [0.4, 0.5) is 10.1 Å². The first-order chi connectivity index (χ1) is 14.2. The molecule has 4 rings (SSSR count). The average molecular weight is 392 g/mol. The number of imidazole rings is 1. The van der Waals surface area contributed by atoms with E-state index in [1.54, 1.807) is 12.3 Å². The molecule has 150 valence electrons. The number of likely N-dealkylation sites (tertiary alicyclic amines) is 1. The second kappa shape index (κ2) is 9.01. The van der Waals surface area contributed by atoms with E-state index < -0.39 is 0 Å². The highest BCUT2D eigenvalue weighted by atomic mass is 19.1. The van der Waals surface area contributed by atoms with Crippen molar-refractivity contribution in [3.05, 3.63) is 73.1 Å². The Labute approximate surface area is 170 Å². The summed E-state index contributed by atoms with van der Waals surface area (Å²) in [4.78, 5) is 19.1. The summed E-state index contributed by atoms with van der Waals surface area (Å²) in [6, 6.07) is 14.0. The molecule has 0 unspecified atom stereocenters. The van der Waals surface area contributed by atoms with Crippen molar-refractivity contribution in [3.8, 4) is 11.1 Å². The van der Waals surface area contributed by atoms with Gasteiger partial charge in [0.2, 0.25) is 5.91 Å². The van der Waals surface area contributed by atoms with Crippen LogP contribution in [-0.4, -0.2) is 39.5 Å². The molecule has 1 amide bonds. The molecule has 1 N–H and O–H groups in total. The number of anilines is 1. The molecule has 6 heteroatoms. The summed E-state index contributed by atoms with van der Waals surface area (Å²) in [6.45, 7) is 2.77. The number of aromatic nitrogens is 2. The number of hydrogen-bond acceptors (Lipinski definition) is 3. The quantitative estimate of drug-likeness (QED) is 0.656. The van der Waals surface area contributed by atoms with Gasteiger partial charge >= 0.3 is 0 Å². The van der Waals surface area contributed by atoms with E-state index in [-0.39, 0.29) is 17.8 Å². The highest BCUT2D eigenvalue weighted by molar-refractivity contribution is 5.95. The Morgan fingerprint density at radius 3 is 2.76 bits per heavy atom. The second-order valence-electron chi connectivity index (χ2n) is 7.43. The molecule has 29 heavy (non-hydrogen) atoms. The Hall–Kier alpha value is -2.99. The molecule has 3 aromatic rings. The largest absolute Gasteiger partial charge is 0.337 e. The Bertz CT molecular complexity index is 940. The number of amides is 1. The van der Waals surface area contributed by atoms with E-state index in [0.29, 0.717) is 0 Å². The third kappa shape index (κ3) is 4.90. The topological polar surface area (TPSA) is 50.2 Å². The van der Waals surface area contributed by atoms with Gasteiger partial charge in [0.05, 0.1) is 12.4 Å². The third-order valence-corrected chi connectivity index (χ3v) is 5.40. The van der Waals surface area contributed by atoms with Crippen molar-refractivity contribution in [2.45, 2.75) is 31.8 Å². The summed E-state index contributed by atoms with van der Waals surface area (Å²) in [5.41, 5.74) is 2.51. The molecular formula is C23H25FN4O. The third-order valence-electron chi connectivity index (χ3n) is 5.40. The van der Waals surface area contributed by atoms with Crippen molar-refractivity contribution >= 4 is 11.6 Å². The van der Waals surface area contributed by atoms with E-state index in [1.165, 1.54) is 12.1 Å². The van der Waals surface area contributed by atoms with E-state index in [2.05, 4.69) is 19.8 Å². The van der Waals surface area contributed by atoms with Crippen molar-refractivity contribution in [2.75, 3.05) is 18.4 Å². The van der Waals surface area contributed by atoms with Gasteiger partial charge in [-0.15, -0.1) is 0 Å². The maximum absolute atomic E-state index is 13.4. The summed E-state index contributed by atoms with van der Waals surface area (Å²) < 4.78 is 15.5. The minimum atomic E-state index is -0.255. The Morgan fingerprint density at radius 2 is 2.00 bits per heavy atom. The number of benzene rings is 2. The number of halogens is 1. The van der Waals surface area contributed by atoms with Crippen LogP contribution in [-0.2, 0) is 11.3 Å². The first-order valence-corrected chi connectivity index (χ1v) is 10.1. The molecule has 1 fully saturated rings. The first-order valence-electron chi connectivity index (χ1n) is 10.1. The van der Waals surface area contributed by atoms with Crippen LogP contribution < -0.4 is 5.32 Å². The molecule has 0 saturated carbocycles. The zero-order valence-corrected chi connectivity index (χ0v) is 16.3. The highest BCUT2D eigenvalue weighted by Crippen LogP contribution is 2.23. The van der Waals surface area contributed by atoms with E-state index in [4.69, 9.17) is 0 Å². The minimum absolute atomic E-state index is 0.0450. The fourth-order valence-electron chi connectivity index (χ4n) is 3.91. The zero-order chi connectivity index (χ0) is 20.1. The summed E-state index contributed by atoms with van der Waals surface area (Å²) in [7, 11) is 0. The summed E-state index contributed by atoms with van der Waals surface area (Å²) in [5, 5.41) is 3.04. The Morgan fingerprint density at radius 1 is 1.14 bits per heavy atom. The van der Waals surface area contributed by atoms with E-state index >= 15 is 0 Å². The predicted molar refractivity (Wildman–Crippen MR) is 112 cm³/mol. The maximum atomic E-state index is 13.4. The van der Waals surface area contributed by atoms with E-state index in [9.17, 15) is 9.18 Å². The summed E-state index contributed by atoms with van der Waals surface area (Å²) in [5.74, 6) is -0.210. The van der Waals surface area contributed by atoms with Gasteiger partial charge in [0, 0.05) is 31.2 Å². The van der Waals surface area contributed by atoms with Crippen LogP contribution in [0.15, 0.2) is 67.3 Å². The average Bonchev–Trinajstić information content (AvgIpc) is 3.41. The lowest BCUT2D eigenvalue weighted by atomic mass is 10.1. The van der Waals surface area contributed by atoms with Crippen molar-refractivity contribution in [1.29, 1.82) is 0 Å². The van der Waals surface area contributed by atoms with Gasteiger partial charge in [-0.3, -0.25) is 9.69 Å². The van der Waals surface area contributed by atoms with Gasteiger partial charge in [-0.05, 0) is 61.2 Å². The van der Waals surface area contributed by atoms with Gasteiger partial charge in [-0.1, -0.05) is 24.3 Å². The number of aryl methyl sites for hydroxylation is 1. The van der Waals surface area contributed by atoms with Crippen LogP contribution in [0.5, 0.6) is 0 Å². The fourth-order valence-corrected chi connectivity index (χ4v) is 3.91. The van der Waals surface area contributed by atoms with Crippen LogP contribution in [0.2, 0.25) is 0 Å². The molecule has 1 aromatic heterocycles. The molecule has 2 aromatic carbocycles. The van der Waals surface area contributed by atoms with Crippen molar-refractivity contribution in [3.63, 3.8) is 0 Å². The lowest BCUT2D eigenvalue weighted by molar-refractivity contribution is -0.120. The van der Waals surface area contributed by atoms with Gasteiger partial charge in [0.15, 0.2) is 0 Å². The van der Waals surface area contributed by atoms with E-state index in [0.717, 1.165) is 55.7 Å². The molecule has 1 aliphatic heterocycles. The predicted octanol–water partition coefficient (Wildman–Crippen LogP) is 4.18. The van der Waals surface area contributed by atoms with Gasteiger partial charge < -0.3 is 9.88 Å². The number of carbonyl (C=O) groups is 1. The molecule has 0 radical (unpaired) electrons. The van der Waals surface area contributed by atoms with Crippen LogP contribution in [0.1, 0.15) is 19.3 Å². The highest BCUT2D eigenvalue weighted by Gasteiger charge is 2.30. The van der Waals surface area contributed by atoms with Gasteiger partial charge in [-0.25, -0.2) is 9.37 Å². The monoisotopic (exact) mass is 392 g/mol. The number of nitrogens with one attached hydrogen (secondary N) is 1. The number of rotatable bonds is 7. The molecule has 0 spiro atoms. The second-order valence-corrected chi connectivity index (χ2v) is 7.43. The first kappa shape index (κ1) is 19.3. The SMILES string of the molecule is O=C(Nc1ccc(-c2cccc(F)c2)cc1)[C@@H]1CCCN1CCCn1ccnc1. The zero-order valence-electron chi connectivity index (χ0n) is 16.3. The normalized spacial score (nSPS) is 16.8. The molecule has 1 atom stereocenters. The number of hydrogen-bond donors (Lipinski definition) is 1. The smallest absolute Gasteiger partial charge is 0.241 e. The van der Waals surface area contributed by atoms with Gasteiger partial charge in [0.1, 0.15) is 5.82 Å². The van der Waals surface area contributed by atoms with Gasteiger partial charge in [0.25, 0.3) is 0 Å².